The lowest BCUT2D eigenvalue weighted by Gasteiger charge is -2.32. The Bertz CT molecular complexity index is 519. The fourth-order valence-electron chi connectivity index (χ4n) is 2.37. The van der Waals surface area contributed by atoms with Gasteiger partial charge < -0.3 is 4.90 Å². The van der Waals surface area contributed by atoms with Crippen molar-refractivity contribution in [3.05, 3.63) is 30.3 Å². The molecule has 1 fully saturated rings. The highest BCUT2D eigenvalue weighted by Gasteiger charge is 2.36. The summed E-state index contributed by atoms with van der Waals surface area (Å²) in [5, 5.41) is 8.81. The van der Waals surface area contributed by atoms with Crippen LogP contribution in [0.15, 0.2) is 30.3 Å². The number of anilines is 1. The van der Waals surface area contributed by atoms with Gasteiger partial charge in [0.05, 0.1) is 12.0 Å². The molecule has 1 heterocycles. The van der Waals surface area contributed by atoms with E-state index in [1.807, 2.05) is 36.4 Å². The average molecular weight is 256 g/mol. The quantitative estimate of drug-likeness (QED) is 0.778. The predicted molar refractivity (Wildman–Crippen MR) is 71.3 cm³/mol. The van der Waals surface area contributed by atoms with Gasteiger partial charge in [0.15, 0.2) is 5.78 Å². The normalized spacial score (nSPS) is 20.7. The van der Waals surface area contributed by atoms with Crippen molar-refractivity contribution in [3.63, 3.8) is 0 Å². The number of nitriles is 1. The van der Waals surface area contributed by atoms with Crippen molar-refractivity contribution in [3.8, 4) is 6.07 Å². The van der Waals surface area contributed by atoms with Crippen molar-refractivity contribution in [2.75, 3.05) is 11.4 Å². The van der Waals surface area contributed by atoms with Gasteiger partial charge in [-0.1, -0.05) is 18.2 Å². The third-order valence-corrected chi connectivity index (χ3v) is 3.47. The number of hydrogen-bond donors (Lipinski definition) is 0. The first-order valence-corrected chi connectivity index (χ1v) is 6.45. The first kappa shape index (κ1) is 13.3. The fraction of sp³-hybridized carbons (Fsp3) is 0.400. The second-order valence-electron chi connectivity index (χ2n) is 4.77. The number of para-hydroxylation sites is 1. The summed E-state index contributed by atoms with van der Waals surface area (Å²) in [5.74, 6) is -1.81. The van der Waals surface area contributed by atoms with Gasteiger partial charge in [-0.2, -0.15) is 5.26 Å². The summed E-state index contributed by atoms with van der Waals surface area (Å²) >= 11 is 0. The van der Waals surface area contributed by atoms with Crippen molar-refractivity contribution < 1.29 is 9.59 Å². The Labute approximate surface area is 112 Å². The molecule has 4 nitrogen and oxygen atoms in total. The summed E-state index contributed by atoms with van der Waals surface area (Å²) in [4.78, 5) is 26.1. The number of benzene rings is 1. The van der Waals surface area contributed by atoms with Crippen LogP contribution in [0.25, 0.3) is 0 Å². The molecule has 1 aromatic rings. The van der Waals surface area contributed by atoms with Crippen LogP contribution in [0.4, 0.5) is 5.69 Å². The number of piperidine rings is 1. The molecule has 2 unspecified atom stereocenters. The minimum Gasteiger partial charge on any atom is -0.312 e. The SMILES string of the molecule is CC(C#N)C(=O)C1CCCN(c2ccccc2)C1=O. The van der Waals surface area contributed by atoms with Crippen LogP contribution in [0.3, 0.4) is 0 Å². The molecule has 1 aliphatic rings. The number of carbonyl (C=O) groups is 2. The van der Waals surface area contributed by atoms with Crippen molar-refractivity contribution >= 4 is 17.4 Å². The maximum Gasteiger partial charge on any atom is 0.237 e. The number of amides is 1. The molecule has 1 aromatic carbocycles. The second-order valence-corrected chi connectivity index (χ2v) is 4.77. The molecule has 2 atom stereocenters. The summed E-state index contributed by atoms with van der Waals surface area (Å²) in [7, 11) is 0. The Morgan fingerprint density at radius 1 is 1.42 bits per heavy atom. The average Bonchev–Trinajstić information content (AvgIpc) is 2.47. The van der Waals surface area contributed by atoms with E-state index in [1.165, 1.54) is 0 Å². The Balaban J connectivity index is 2.20. The Morgan fingerprint density at radius 2 is 2.11 bits per heavy atom. The van der Waals surface area contributed by atoms with Crippen molar-refractivity contribution in [2.24, 2.45) is 11.8 Å². The first-order valence-electron chi connectivity index (χ1n) is 6.45. The highest BCUT2D eigenvalue weighted by molar-refractivity contribution is 6.10. The first-order chi connectivity index (χ1) is 9.15. The van der Waals surface area contributed by atoms with Gasteiger partial charge in [0.2, 0.25) is 5.91 Å². The smallest absolute Gasteiger partial charge is 0.237 e. The zero-order valence-corrected chi connectivity index (χ0v) is 10.9. The zero-order chi connectivity index (χ0) is 13.8. The molecule has 1 saturated heterocycles. The van der Waals surface area contributed by atoms with Gasteiger partial charge in [0.25, 0.3) is 0 Å². The topological polar surface area (TPSA) is 61.2 Å². The van der Waals surface area contributed by atoms with Crippen molar-refractivity contribution in [2.45, 2.75) is 19.8 Å². The summed E-state index contributed by atoms with van der Waals surface area (Å²) < 4.78 is 0. The van der Waals surface area contributed by atoms with Crippen LogP contribution in [0.5, 0.6) is 0 Å². The molecule has 0 spiro atoms. The lowest BCUT2D eigenvalue weighted by Crippen LogP contribution is -2.45. The lowest BCUT2D eigenvalue weighted by molar-refractivity contribution is -0.135. The molecule has 1 amide bonds. The molecule has 0 bridgehead atoms. The number of Topliss-reactive ketones (excluding diaryl/α,β-unsaturated/α-hetero) is 1. The monoisotopic (exact) mass is 256 g/mol. The van der Waals surface area contributed by atoms with E-state index in [-0.39, 0.29) is 11.7 Å². The molecule has 0 aromatic heterocycles. The molecule has 1 aliphatic heterocycles. The summed E-state index contributed by atoms with van der Waals surface area (Å²) in [6, 6.07) is 11.3. The van der Waals surface area contributed by atoms with Gasteiger partial charge in [-0.15, -0.1) is 0 Å². The highest BCUT2D eigenvalue weighted by atomic mass is 16.2. The molecular weight excluding hydrogens is 240 g/mol. The number of ketones is 1. The van der Waals surface area contributed by atoms with Crippen LogP contribution in [-0.2, 0) is 9.59 Å². The zero-order valence-electron chi connectivity index (χ0n) is 10.9. The van der Waals surface area contributed by atoms with Crippen molar-refractivity contribution in [1.82, 2.24) is 0 Å². The third-order valence-electron chi connectivity index (χ3n) is 3.47. The van der Waals surface area contributed by atoms with Crippen LogP contribution in [0.2, 0.25) is 0 Å². The van der Waals surface area contributed by atoms with Crippen LogP contribution in [0, 0.1) is 23.2 Å². The molecule has 0 N–H and O–H groups in total. The van der Waals surface area contributed by atoms with E-state index < -0.39 is 11.8 Å². The summed E-state index contributed by atoms with van der Waals surface area (Å²) in [6.45, 7) is 2.19. The number of rotatable bonds is 3. The third kappa shape index (κ3) is 2.65. The minimum absolute atomic E-state index is 0.176. The molecular formula is C15H16N2O2. The lowest BCUT2D eigenvalue weighted by atomic mass is 9.87. The van der Waals surface area contributed by atoms with Crippen LogP contribution in [-0.4, -0.2) is 18.2 Å². The van der Waals surface area contributed by atoms with E-state index in [0.29, 0.717) is 13.0 Å². The highest BCUT2D eigenvalue weighted by Crippen LogP contribution is 2.26. The Kier molecular flexibility index (Phi) is 3.96. The van der Waals surface area contributed by atoms with E-state index in [9.17, 15) is 9.59 Å². The number of nitrogens with zero attached hydrogens (tertiary/aromatic N) is 2. The molecule has 19 heavy (non-hydrogen) atoms. The molecule has 98 valence electrons. The van der Waals surface area contributed by atoms with Gasteiger partial charge in [-0.3, -0.25) is 9.59 Å². The van der Waals surface area contributed by atoms with Crippen LogP contribution < -0.4 is 4.90 Å². The van der Waals surface area contributed by atoms with Gasteiger partial charge in [-0.05, 0) is 31.9 Å². The van der Waals surface area contributed by atoms with E-state index in [2.05, 4.69) is 0 Å². The van der Waals surface area contributed by atoms with Crippen LogP contribution in [0.1, 0.15) is 19.8 Å². The predicted octanol–water partition coefficient (Wildman–Crippen LogP) is 2.16. The molecule has 0 radical (unpaired) electrons. The summed E-state index contributed by atoms with van der Waals surface area (Å²) in [5.41, 5.74) is 0.814. The van der Waals surface area contributed by atoms with Crippen LogP contribution >= 0.6 is 0 Å². The molecule has 2 rings (SSSR count). The maximum absolute atomic E-state index is 12.4. The number of hydrogen-bond acceptors (Lipinski definition) is 3. The van der Waals surface area contributed by atoms with E-state index in [4.69, 9.17) is 5.26 Å². The largest absolute Gasteiger partial charge is 0.312 e. The Morgan fingerprint density at radius 3 is 2.74 bits per heavy atom. The van der Waals surface area contributed by atoms with E-state index >= 15 is 0 Å². The molecule has 0 aliphatic carbocycles. The van der Waals surface area contributed by atoms with Crippen molar-refractivity contribution in [1.29, 1.82) is 5.26 Å². The molecule has 0 saturated carbocycles. The second kappa shape index (κ2) is 5.66. The van der Waals surface area contributed by atoms with Gasteiger partial charge >= 0.3 is 0 Å². The Hall–Kier alpha value is -2.15. The number of carbonyl (C=O) groups excluding carboxylic acids is 2. The maximum atomic E-state index is 12.4. The summed E-state index contributed by atoms with van der Waals surface area (Å²) in [6.07, 6.45) is 1.34. The van der Waals surface area contributed by atoms with E-state index in [1.54, 1.807) is 11.8 Å². The minimum atomic E-state index is -0.718. The fourth-order valence-corrected chi connectivity index (χ4v) is 2.37. The molecule has 4 heteroatoms. The van der Waals surface area contributed by atoms with Gasteiger partial charge in [0.1, 0.15) is 5.92 Å². The van der Waals surface area contributed by atoms with Gasteiger partial charge in [0, 0.05) is 12.2 Å². The van der Waals surface area contributed by atoms with E-state index in [0.717, 1.165) is 12.1 Å². The standard InChI is InChI=1S/C15H16N2O2/c1-11(10-16)14(18)13-8-5-9-17(15(13)19)12-6-3-2-4-7-12/h2-4,6-7,11,13H,5,8-9H2,1H3. The van der Waals surface area contributed by atoms with Gasteiger partial charge in [-0.25, -0.2) is 0 Å².